The Hall–Kier alpha value is -1.55. The van der Waals surface area contributed by atoms with Crippen molar-refractivity contribution in [3.63, 3.8) is 0 Å². The fourth-order valence-electron chi connectivity index (χ4n) is 1.65. The second-order valence-electron chi connectivity index (χ2n) is 4.93. The van der Waals surface area contributed by atoms with Gasteiger partial charge in [-0.15, -0.1) is 0 Å². The second-order valence-corrected chi connectivity index (χ2v) is 6.64. The predicted molar refractivity (Wildman–Crippen MR) is 69.4 cm³/mol. The van der Waals surface area contributed by atoms with Gasteiger partial charge in [-0.25, -0.2) is 17.2 Å². The summed E-state index contributed by atoms with van der Waals surface area (Å²) in [5.74, 6) is -1.33. The fraction of sp³-hybridized carbons (Fsp3) is 0.636. The Morgan fingerprint density at radius 2 is 2.10 bits per heavy atom. The number of nitrogens with one attached hydrogen (secondary N) is 1. The van der Waals surface area contributed by atoms with Crippen molar-refractivity contribution in [1.82, 2.24) is 14.5 Å². The Balaban J connectivity index is 2.89. The summed E-state index contributed by atoms with van der Waals surface area (Å²) in [6.45, 7) is 2.78. The highest BCUT2D eigenvalue weighted by Gasteiger charge is 2.27. The molecule has 21 heavy (non-hydrogen) atoms. The molecule has 120 valence electrons. The van der Waals surface area contributed by atoms with Gasteiger partial charge in [0.15, 0.2) is 0 Å². The highest BCUT2D eigenvalue weighted by Crippen LogP contribution is 2.12. The number of aliphatic carboxylic acids is 1. The van der Waals surface area contributed by atoms with Gasteiger partial charge in [0.05, 0.1) is 6.20 Å². The molecule has 2 N–H and O–H groups in total. The molecule has 0 bridgehead atoms. The van der Waals surface area contributed by atoms with Crippen LogP contribution in [0, 0.1) is 5.92 Å². The molecule has 0 unspecified atom stereocenters. The van der Waals surface area contributed by atoms with Crippen LogP contribution in [0.4, 0.5) is 8.78 Å². The summed E-state index contributed by atoms with van der Waals surface area (Å²) in [5, 5.41) is 12.5. The Morgan fingerprint density at radius 3 is 2.57 bits per heavy atom. The SMILES string of the molecule is CC(C)C[C@@H](NS(=O)(=O)c1cnn(CC(F)F)c1)C(=O)O. The van der Waals surface area contributed by atoms with Crippen molar-refractivity contribution in [2.45, 2.75) is 44.2 Å². The van der Waals surface area contributed by atoms with Crippen molar-refractivity contribution in [3.05, 3.63) is 12.4 Å². The van der Waals surface area contributed by atoms with Crippen molar-refractivity contribution in [2.75, 3.05) is 0 Å². The first-order valence-electron chi connectivity index (χ1n) is 6.17. The quantitative estimate of drug-likeness (QED) is 0.740. The first-order chi connectivity index (χ1) is 9.61. The van der Waals surface area contributed by atoms with Gasteiger partial charge >= 0.3 is 5.97 Å². The summed E-state index contributed by atoms with van der Waals surface area (Å²) in [4.78, 5) is 10.7. The molecule has 1 heterocycles. The maximum atomic E-state index is 12.2. The number of rotatable bonds is 8. The molecular formula is C11H17F2N3O4S. The molecular weight excluding hydrogens is 308 g/mol. The van der Waals surface area contributed by atoms with Crippen molar-refractivity contribution in [1.29, 1.82) is 0 Å². The molecule has 7 nitrogen and oxygen atoms in total. The smallest absolute Gasteiger partial charge is 0.321 e. The molecule has 1 aromatic heterocycles. The van der Waals surface area contributed by atoms with E-state index >= 15 is 0 Å². The van der Waals surface area contributed by atoms with E-state index in [-0.39, 0.29) is 17.2 Å². The van der Waals surface area contributed by atoms with Gasteiger partial charge in [0, 0.05) is 6.20 Å². The number of carboxylic acid groups (broad SMARTS) is 1. The molecule has 1 rings (SSSR count). The summed E-state index contributed by atoms with van der Waals surface area (Å²) in [5.41, 5.74) is 0. The topological polar surface area (TPSA) is 101 Å². The van der Waals surface area contributed by atoms with Crippen molar-refractivity contribution in [2.24, 2.45) is 5.92 Å². The standard InChI is InChI=1S/C11H17F2N3O4S/c1-7(2)3-9(11(17)18)15-21(19,20)8-4-14-16(5-8)6-10(12)13/h4-5,7,9-10,15H,3,6H2,1-2H3,(H,17,18)/t9-/m1/s1. The Bertz CT molecular complexity index is 586. The third kappa shape index (κ3) is 5.38. The molecule has 1 aromatic rings. The monoisotopic (exact) mass is 325 g/mol. The van der Waals surface area contributed by atoms with Crippen LogP contribution >= 0.6 is 0 Å². The molecule has 0 aliphatic carbocycles. The fourth-order valence-corrected chi connectivity index (χ4v) is 2.80. The van der Waals surface area contributed by atoms with Gasteiger partial charge in [-0.3, -0.25) is 9.48 Å². The van der Waals surface area contributed by atoms with Crippen LogP contribution < -0.4 is 4.72 Å². The summed E-state index contributed by atoms with van der Waals surface area (Å²) in [7, 11) is -4.12. The van der Waals surface area contributed by atoms with E-state index in [1.54, 1.807) is 13.8 Å². The van der Waals surface area contributed by atoms with Gasteiger partial charge in [-0.2, -0.15) is 9.82 Å². The first kappa shape index (κ1) is 17.5. The second kappa shape index (κ2) is 6.94. The molecule has 0 saturated carbocycles. The average Bonchev–Trinajstić information content (AvgIpc) is 2.75. The minimum absolute atomic E-state index is 0.0321. The maximum absolute atomic E-state index is 12.2. The van der Waals surface area contributed by atoms with Crippen LogP contribution in [0.3, 0.4) is 0 Å². The number of halogens is 2. The molecule has 0 aliphatic rings. The predicted octanol–water partition coefficient (Wildman–Crippen LogP) is 0.926. The highest BCUT2D eigenvalue weighted by molar-refractivity contribution is 7.89. The van der Waals surface area contributed by atoms with Crippen molar-refractivity contribution < 1.29 is 27.1 Å². The number of carboxylic acids is 1. The zero-order valence-corrected chi connectivity index (χ0v) is 12.3. The van der Waals surface area contributed by atoms with E-state index in [0.29, 0.717) is 0 Å². The zero-order valence-electron chi connectivity index (χ0n) is 11.5. The van der Waals surface area contributed by atoms with Gasteiger partial charge in [-0.05, 0) is 12.3 Å². The van der Waals surface area contributed by atoms with Crippen LogP contribution in [-0.2, 0) is 21.4 Å². The molecule has 1 atom stereocenters. The third-order valence-electron chi connectivity index (χ3n) is 2.55. The average molecular weight is 325 g/mol. The lowest BCUT2D eigenvalue weighted by Crippen LogP contribution is -2.41. The van der Waals surface area contributed by atoms with Crippen LogP contribution in [0.1, 0.15) is 20.3 Å². The Labute approximate surface area is 121 Å². The lowest BCUT2D eigenvalue weighted by Gasteiger charge is -2.15. The maximum Gasteiger partial charge on any atom is 0.321 e. The summed E-state index contributed by atoms with van der Waals surface area (Å²) in [6, 6.07) is -1.28. The molecule has 0 aromatic carbocycles. The summed E-state index contributed by atoms with van der Waals surface area (Å²) < 4.78 is 51.2. The van der Waals surface area contributed by atoms with E-state index in [2.05, 4.69) is 5.10 Å². The minimum atomic E-state index is -4.12. The van der Waals surface area contributed by atoms with Gasteiger partial charge in [-0.1, -0.05) is 13.8 Å². The van der Waals surface area contributed by atoms with E-state index < -0.39 is 35.0 Å². The molecule has 0 aliphatic heterocycles. The molecule has 0 radical (unpaired) electrons. The van der Waals surface area contributed by atoms with Gasteiger partial charge in [0.2, 0.25) is 10.0 Å². The molecule has 0 saturated heterocycles. The van der Waals surface area contributed by atoms with E-state index in [4.69, 9.17) is 5.11 Å². The lowest BCUT2D eigenvalue weighted by atomic mass is 10.1. The van der Waals surface area contributed by atoms with Crippen LogP contribution in [0.2, 0.25) is 0 Å². The van der Waals surface area contributed by atoms with Crippen molar-refractivity contribution >= 4 is 16.0 Å². The first-order valence-corrected chi connectivity index (χ1v) is 7.66. The Morgan fingerprint density at radius 1 is 1.48 bits per heavy atom. The lowest BCUT2D eigenvalue weighted by molar-refractivity contribution is -0.139. The summed E-state index contributed by atoms with van der Waals surface area (Å²) >= 11 is 0. The van der Waals surface area contributed by atoms with Crippen LogP contribution in [0.15, 0.2) is 17.3 Å². The van der Waals surface area contributed by atoms with Crippen molar-refractivity contribution in [3.8, 4) is 0 Å². The van der Waals surface area contributed by atoms with Gasteiger partial charge in [0.1, 0.15) is 17.5 Å². The van der Waals surface area contributed by atoms with Crippen LogP contribution in [0.25, 0.3) is 0 Å². The molecule has 10 heteroatoms. The van der Waals surface area contributed by atoms with Gasteiger partial charge in [0.25, 0.3) is 6.43 Å². The van der Waals surface area contributed by atoms with Crippen LogP contribution in [-0.4, -0.2) is 41.7 Å². The largest absolute Gasteiger partial charge is 0.480 e. The van der Waals surface area contributed by atoms with E-state index in [1.807, 2.05) is 4.72 Å². The number of alkyl halides is 2. The van der Waals surface area contributed by atoms with E-state index in [1.165, 1.54) is 0 Å². The number of hydrogen-bond acceptors (Lipinski definition) is 4. The van der Waals surface area contributed by atoms with Crippen LogP contribution in [0.5, 0.6) is 0 Å². The van der Waals surface area contributed by atoms with Gasteiger partial charge < -0.3 is 5.11 Å². The third-order valence-corrected chi connectivity index (χ3v) is 3.97. The number of carbonyl (C=O) groups is 1. The molecule has 0 spiro atoms. The van der Waals surface area contributed by atoms with E-state index in [0.717, 1.165) is 17.1 Å². The molecule has 0 amide bonds. The minimum Gasteiger partial charge on any atom is -0.480 e. The number of aromatic nitrogens is 2. The van der Waals surface area contributed by atoms with E-state index in [9.17, 15) is 22.0 Å². The highest BCUT2D eigenvalue weighted by atomic mass is 32.2. The number of nitrogens with zero attached hydrogens (tertiary/aromatic N) is 2. The molecule has 0 fully saturated rings. The Kier molecular flexibility index (Phi) is 5.78. The zero-order chi connectivity index (χ0) is 16.2. The number of hydrogen-bond donors (Lipinski definition) is 2. The summed E-state index contributed by atoms with van der Waals surface area (Å²) in [6.07, 6.45) is -0.720. The normalized spacial score (nSPS) is 13.8. The number of sulfonamides is 1.